The molecule has 0 radical (unpaired) electrons. The Morgan fingerprint density at radius 3 is 2.84 bits per heavy atom. The second kappa shape index (κ2) is 6.52. The highest BCUT2D eigenvalue weighted by atomic mass is 32.2. The molecule has 0 saturated carbocycles. The molecule has 2 N–H and O–H groups in total. The van der Waals surface area contributed by atoms with E-state index in [1.165, 1.54) is 4.90 Å². The first-order valence-corrected chi connectivity index (χ1v) is 9.37. The SMILES string of the molecule is CCC(CS(=O)(=O)O)[C@@H]1CN(c2ccc3c(c2)NC(=O)CO3)C(=O)O1. The lowest BCUT2D eigenvalue weighted by atomic mass is 10.0. The highest BCUT2D eigenvalue weighted by molar-refractivity contribution is 7.85. The maximum absolute atomic E-state index is 12.2. The van der Waals surface area contributed by atoms with Gasteiger partial charge < -0.3 is 14.8 Å². The van der Waals surface area contributed by atoms with Crippen LogP contribution in [0.3, 0.4) is 0 Å². The predicted octanol–water partition coefficient (Wildman–Crippen LogP) is 1.26. The van der Waals surface area contributed by atoms with Gasteiger partial charge in [-0.3, -0.25) is 14.2 Å². The average molecular weight is 370 g/mol. The van der Waals surface area contributed by atoms with Crippen molar-refractivity contribution in [2.75, 3.05) is 29.1 Å². The first-order chi connectivity index (χ1) is 11.8. The summed E-state index contributed by atoms with van der Waals surface area (Å²) in [6.45, 7) is 1.85. The number of benzene rings is 1. The van der Waals surface area contributed by atoms with Gasteiger partial charge in [0.05, 0.1) is 18.0 Å². The van der Waals surface area contributed by atoms with Crippen molar-refractivity contribution >= 4 is 33.5 Å². The van der Waals surface area contributed by atoms with E-state index in [4.69, 9.17) is 14.0 Å². The summed E-state index contributed by atoms with van der Waals surface area (Å²) in [5, 5.41) is 2.66. The summed E-state index contributed by atoms with van der Waals surface area (Å²) >= 11 is 0. The molecule has 0 aliphatic carbocycles. The third kappa shape index (κ3) is 3.85. The summed E-state index contributed by atoms with van der Waals surface area (Å²) < 4.78 is 41.9. The van der Waals surface area contributed by atoms with Gasteiger partial charge in [0.25, 0.3) is 16.0 Å². The summed E-state index contributed by atoms with van der Waals surface area (Å²) in [4.78, 5) is 25.0. The number of hydrogen-bond donors (Lipinski definition) is 2. The Kier molecular flexibility index (Phi) is 4.56. The number of carbonyl (C=O) groups is 2. The molecule has 3 rings (SSSR count). The monoisotopic (exact) mass is 370 g/mol. The molecule has 10 heteroatoms. The first-order valence-electron chi connectivity index (χ1n) is 7.77. The molecule has 2 aliphatic rings. The van der Waals surface area contributed by atoms with Crippen molar-refractivity contribution in [2.45, 2.75) is 19.4 Å². The van der Waals surface area contributed by atoms with Gasteiger partial charge in [-0.15, -0.1) is 0 Å². The zero-order chi connectivity index (χ0) is 18.2. The number of carbonyl (C=O) groups excluding carboxylic acids is 2. The Bertz CT molecular complexity index is 808. The van der Waals surface area contributed by atoms with Crippen molar-refractivity contribution in [1.82, 2.24) is 0 Å². The zero-order valence-electron chi connectivity index (χ0n) is 13.5. The minimum absolute atomic E-state index is 0.0615. The predicted molar refractivity (Wildman–Crippen MR) is 88.4 cm³/mol. The highest BCUT2D eigenvalue weighted by Crippen LogP contribution is 2.34. The summed E-state index contributed by atoms with van der Waals surface area (Å²) in [5.74, 6) is -0.760. The fourth-order valence-electron chi connectivity index (χ4n) is 2.94. The maximum Gasteiger partial charge on any atom is 0.414 e. The van der Waals surface area contributed by atoms with Crippen LogP contribution in [-0.2, 0) is 19.6 Å². The summed E-state index contributed by atoms with van der Waals surface area (Å²) in [6.07, 6.45) is -0.831. The minimum atomic E-state index is -4.16. The quantitative estimate of drug-likeness (QED) is 0.748. The van der Waals surface area contributed by atoms with Crippen LogP contribution in [0.5, 0.6) is 5.75 Å². The third-order valence-corrected chi connectivity index (χ3v) is 5.07. The number of nitrogens with zero attached hydrogens (tertiary/aromatic N) is 1. The van der Waals surface area contributed by atoms with Crippen LogP contribution in [0.25, 0.3) is 0 Å². The smallest absolute Gasteiger partial charge is 0.414 e. The number of rotatable bonds is 5. The van der Waals surface area contributed by atoms with Crippen LogP contribution in [0, 0.1) is 5.92 Å². The molecule has 1 aromatic carbocycles. The van der Waals surface area contributed by atoms with Gasteiger partial charge in [0.1, 0.15) is 11.9 Å². The second-order valence-corrected chi connectivity index (χ2v) is 7.46. The lowest BCUT2D eigenvalue weighted by Gasteiger charge is -2.21. The Morgan fingerprint density at radius 2 is 2.16 bits per heavy atom. The molecule has 0 bridgehead atoms. The Hall–Kier alpha value is -2.33. The van der Waals surface area contributed by atoms with E-state index in [0.717, 1.165) is 0 Å². The van der Waals surface area contributed by atoms with E-state index < -0.39 is 34.0 Å². The molecular formula is C15H18N2O7S. The number of anilines is 2. The average Bonchev–Trinajstić information content (AvgIpc) is 2.92. The molecule has 25 heavy (non-hydrogen) atoms. The number of cyclic esters (lactones) is 1. The molecule has 1 fully saturated rings. The first kappa shape index (κ1) is 17.5. The standard InChI is InChI=1S/C15H18N2O7S/c1-2-9(8-25(20,21)22)13-6-17(15(19)24-13)10-3-4-12-11(5-10)16-14(18)7-23-12/h3-5,9,13H,2,6-8H2,1H3,(H,16,18)(H,20,21,22)/t9?,13-/m0/s1. The van der Waals surface area contributed by atoms with Gasteiger partial charge in [-0.05, 0) is 24.6 Å². The molecule has 0 spiro atoms. The van der Waals surface area contributed by atoms with E-state index in [1.54, 1.807) is 25.1 Å². The van der Waals surface area contributed by atoms with Crippen LogP contribution in [0.15, 0.2) is 18.2 Å². The maximum atomic E-state index is 12.2. The molecule has 2 aliphatic heterocycles. The number of ether oxygens (including phenoxy) is 2. The van der Waals surface area contributed by atoms with Crippen LogP contribution < -0.4 is 15.0 Å². The third-order valence-electron chi connectivity index (χ3n) is 4.22. The van der Waals surface area contributed by atoms with Crippen molar-refractivity contribution in [3.8, 4) is 5.75 Å². The van der Waals surface area contributed by atoms with E-state index >= 15 is 0 Å². The zero-order valence-corrected chi connectivity index (χ0v) is 14.3. The van der Waals surface area contributed by atoms with E-state index in [1.807, 2.05) is 0 Å². The van der Waals surface area contributed by atoms with Crippen LogP contribution in [0.4, 0.5) is 16.2 Å². The Balaban J connectivity index is 1.79. The van der Waals surface area contributed by atoms with Crippen molar-refractivity contribution in [3.05, 3.63) is 18.2 Å². The molecular weight excluding hydrogens is 352 g/mol. The van der Waals surface area contributed by atoms with Crippen LogP contribution in [0.2, 0.25) is 0 Å². The molecule has 2 heterocycles. The summed E-state index contributed by atoms with van der Waals surface area (Å²) in [6, 6.07) is 4.89. The van der Waals surface area contributed by atoms with Gasteiger partial charge in [-0.25, -0.2) is 4.79 Å². The Morgan fingerprint density at radius 1 is 1.40 bits per heavy atom. The summed E-state index contributed by atoms with van der Waals surface area (Å²) in [7, 11) is -4.16. The fourth-order valence-corrected chi connectivity index (χ4v) is 3.93. The summed E-state index contributed by atoms with van der Waals surface area (Å²) in [5.41, 5.74) is 0.953. The van der Waals surface area contributed by atoms with Gasteiger partial charge in [0, 0.05) is 11.6 Å². The largest absolute Gasteiger partial charge is 0.482 e. The molecule has 2 atom stereocenters. The van der Waals surface area contributed by atoms with Crippen molar-refractivity contribution in [3.63, 3.8) is 0 Å². The lowest BCUT2D eigenvalue weighted by molar-refractivity contribution is -0.118. The van der Waals surface area contributed by atoms with Crippen molar-refractivity contribution < 1.29 is 32.0 Å². The van der Waals surface area contributed by atoms with Gasteiger partial charge in [-0.2, -0.15) is 8.42 Å². The van der Waals surface area contributed by atoms with Crippen LogP contribution in [-0.4, -0.2) is 50.0 Å². The van der Waals surface area contributed by atoms with E-state index in [9.17, 15) is 18.0 Å². The molecule has 0 aromatic heterocycles. The lowest BCUT2D eigenvalue weighted by Crippen LogP contribution is -2.31. The second-order valence-electron chi connectivity index (χ2n) is 5.97. The fraction of sp³-hybridized carbons (Fsp3) is 0.467. The molecule has 2 amide bonds. The van der Waals surface area contributed by atoms with Crippen molar-refractivity contribution in [1.29, 1.82) is 0 Å². The highest BCUT2D eigenvalue weighted by Gasteiger charge is 2.38. The van der Waals surface area contributed by atoms with E-state index in [2.05, 4.69) is 5.32 Å². The number of amides is 2. The topological polar surface area (TPSA) is 122 Å². The van der Waals surface area contributed by atoms with Gasteiger partial charge in [-0.1, -0.05) is 6.92 Å². The van der Waals surface area contributed by atoms with Crippen molar-refractivity contribution in [2.24, 2.45) is 5.92 Å². The minimum Gasteiger partial charge on any atom is -0.482 e. The number of nitrogens with one attached hydrogen (secondary N) is 1. The van der Waals surface area contributed by atoms with Gasteiger partial charge in [0.15, 0.2) is 6.61 Å². The number of hydrogen-bond acceptors (Lipinski definition) is 6. The molecule has 1 unspecified atom stereocenters. The van der Waals surface area contributed by atoms with Gasteiger partial charge >= 0.3 is 6.09 Å². The molecule has 136 valence electrons. The normalized spacial score (nSPS) is 21.2. The Labute approximate surface area is 144 Å². The van der Waals surface area contributed by atoms with Gasteiger partial charge in [0.2, 0.25) is 0 Å². The van der Waals surface area contributed by atoms with Crippen LogP contribution in [0.1, 0.15) is 13.3 Å². The molecule has 9 nitrogen and oxygen atoms in total. The van der Waals surface area contributed by atoms with E-state index in [-0.39, 0.29) is 19.1 Å². The van der Waals surface area contributed by atoms with Crippen LogP contribution >= 0.6 is 0 Å². The van der Waals surface area contributed by atoms with E-state index in [0.29, 0.717) is 23.5 Å². The molecule has 1 aromatic rings. The number of fused-ring (bicyclic) bond motifs is 1. The molecule has 1 saturated heterocycles.